The summed E-state index contributed by atoms with van der Waals surface area (Å²) in [6, 6.07) is 15.1. The van der Waals surface area contributed by atoms with Crippen LogP contribution >= 0.6 is 0 Å². The average molecular weight is 293 g/mol. The molecule has 22 heavy (non-hydrogen) atoms. The van der Waals surface area contributed by atoms with Gasteiger partial charge in [-0.15, -0.1) is 0 Å². The Labute approximate surface area is 132 Å². The monoisotopic (exact) mass is 293 g/mol. The summed E-state index contributed by atoms with van der Waals surface area (Å²) in [4.78, 5) is 11.8. The molecule has 1 N–H and O–H groups in total. The van der Waals surface area contributed by atoms with Gasteiger partial charge in [0.25, 0.3) is 5.91 Å². The maximum absolute atomic E-state index is 11.8. The highest BCUT2D eigenvalue weighted by Crippen LogP contribution is 2.28. The molecule has 0 radical (unpaired) electrons. The first-order valence-electron chi connectivity index (χ1n) is 8.24. The molecule has 0 aromatic heterocycles. The number of hydrogen-bond donors (Lipinski definition) is 1. The Balaban J connectivity index is 1.90. The van der Waals surface area contributed by atoms with Crippen LogP contribution in [0.3, 0.4) is 0 Å². The van der Waals surface area contributed by atoms with E-state index < -0.39 is 0 Å². The molecular weight excluding hydrogens is 270 g/mol. The number of amides is 1. The molecular formula is C20H23NO. The third-order valence-electron chi connectivity index (χ3n) is 4.73. The second-order valence-corrected chi connectivity index (χ2v) is 6.01. The van der Waals surface area contributed by atoms with Gasteiger partial charge in [-0.25, -0.2) is 0 Å². The molecule has 0 saturated carbocycles. The minimum absolute atomic E-state index is 0.0527. The van der Waals surface area contributed by atoms with E-state index in [-0.39, 0.29) is 5.91 Å². The summed E-state index contributed by atoms with van der Waals surface area (Å²) in [7, 11) is 0. The second kappa shape index (κ2) is 6.35. The molecule has 1 amide bonds. The predicted molar refractivity (Wildman–Crippen MR) is 91.2 cm³/mol. The van der Waals surface area contributed by atoms with Crippen molar-refractivity contribution in [1.82, 2.24) is 5.32 Å². The molecule has 0 saturated heterocycles. The van der Waals surface area contributed by atoms with Crippen molar-refractivity contribution in [3.63, 3.8) is 0 Å². The van der Waals surface area contributed by atoms with Gasteiger partial charge in [0, 0.05) is 12.1 Å². The lowest BCUT2D eigenvalue weighted by molar-refractivity contribution is 0.0946. The highest BCUT2D eigenvalue weighted by atomic mass is 16.1. The van der Waals surface area contributed by atoms with Gasteiger partial charge in [0.05, 0.1) is 0 Å². The van der Waals surface area contributed by atoms with E-state index in [1.54, 1.807) is 0 Å². The zero-order valence-electron chi connectivity index (χ0n) is 13.4. The molecule has 1 aliphatic heterocycles. The first kappa shape index (κ1) is 14.8. The third kappa shape index (κ3) is 2.78. The van der Waals surface area contributed by atoms with Crippen molar-refractivity contribution in [2.75, 3.05) is 6.54 Å². The van der Waals surface area contributed by atoms with Crippen LogP contribution in [0.4, 0.5) is 0 Å². The molecule has 3 rings (SSSR count). The maximum Gasteiger partial charge on any atom is 0.251 e. The van der Waals surface area contributed by atoms with Crippen molar-refractivity contribution in [2.45, 2.75) is 39.0 Å². The minimum Gasteiger partial charge on any atom is -0.352 e. The number of hydrogen-bond acceptors (Lipinski definition) is 1. The Morgan fingerprint density at radius 1 is 1.00 bits per heavy atom. The van der Waals surface area contributed by atoms with Gasteiger partial charge in [0.1, 0.15) is 0 Å². The van der Waals surface area contributed by atoms with E-state index in [1.807, 2.05) is 6.07 Å². The lowest BCUT2D eigenvalue weighted by Gasteiger charge is -2.18. The zero-order chi connectivity index (χ0) is 15.5. The normalized spacial score (nSPS) is 13.9. The van der Waals surface area contributed by atoms with Crippen LogP contribution in [0.15, 0.2) is 42.5 Å². The van der Waals surface area contributed by atoms with Gasteiger partial charge < -0.3 is 5.32 Å². The quantitative estimate of drug-likeness (QED) is 0.880. The standard InChI is InChI=1S/C20H23NO/c1-3-14(4-2)15-5-7-16(8-6-15)17-9-10-19-18(13-17)11-12-21-20(19)22/h5-10,13-14H,3-4,11-12H2,1-2H3,(H,21,22). The molecule has 2 aromatic rings. The van der Waals surface area contributed by atoms with Gasteiger partial charge in [-0.3, -0.25) is 4.79 Å². The van der Waals surface area contributed by atoms with Crippen LogP contribution < -0.4 is 5.32 Å². The first-order valence-corrected chi connectivity index (χ1v) is 8.24. The summed E-state index contributed by atoms with van der Waals surface area (Å²) >= 11 is 0. The van der Waals surface area contributed by atoms with Crippen molar-refractivity contribution in [1.29, 1.82) is 0 Å². The molecule has 0 unspecified atom stereocenters. The number of benzene rings is 2. The van der Waals surface area contributed by atoms with Crippen molar-refractivity contribution in [3.8, 4) is 11.1 Å². The SMILES string of the molecule is CCC(CC)c1ccc(-c2ccc3c(c2)CCNC3=O)cc1. The number of fused-ring (bicyclic) bond motifs is 1. The van der Waals surface area contributed by atoms with Gasteiger partial charge in [-0.05, 0) is 53.5 Å². The van der Waals surface area contributed by atoms with Crippen molar-refractivity contribution < 1.29 is 4.79 Å². The average Bonchev–Trinajstić information content (AvgIpc) is 2.56. The van der Waals surface area contributed by atoms with Gasteiger partial charge >= 0.3 is 0 Å². The largest absolute Gasteiger partial charge is 0.352 e. The van der Waals surface area contributed by atoms with E-state index in [1.165, 1.54) is 29.5 Å². The molecule has 0 fully saturated rings. The molecule has 2 aromatic carbocycles. The van der Waals surface area contributed by atoms with Crippen LogP contribution in [0, 0.1) is 0 Å². The van der Waals surface area contributed by atoms with E-state index >= 15 is 0 Å². The van der Waals surface area contributed by atoms with Crippen molar-refractivity contribution in [3.05, 3.63) is 59.2 Å². The van der Waals surface area contributed by atoms with Gasteiger partial charge in [0.15, 0.2) is 0 Å². The minimum atomic E-state index is 0.0527. The van der Waals surface area contributed by atoms with Gasteiger partial charge in [-0.2, -0.15) is 0 Å². The van der Waals surface area contributed by atoms with Crippen LogP contribution in [0.25, 0.3) is 11.1 Å². The molecule has 2 nitrogen and oxygen atoms in total. The van der Waals surface area contributed by atoms with Crippen molar-refractivity contribution in [2.24, 2.45) is 0 Å². The molecule has 0 spiro atoms. The molecule has 0 bridgehead atoms. The van der Waals surface area contributed by atoms with Crippen LogP contribution in [0.5, 0.6) is 0 Å². The number of carbonyl (C=O) groups excluding carboxylic acids is 1. The highest BCUT2D eigenvalue weighted by Gasteiger charge is 2.16. The molecule has 1 aliphatic rings. The van der Waals surface area contributed by atoms with Crippen LogP contribution in [-0.4, -0.2) is 12.5 Å². The summed E-state index contributed by atoms with van der Waals surface area (Å²) in [5, 5.41) is 2.89. The lowest BCUT2D eigenvalue weighted by atomic mass is 9.91. The summed E-state index contributed by atoms with van der Waals surface area (Å²) < 4.78 is 0. The Morgan fingerprint density at radius 3 is 2.36 bits per heavy atom. The fourth-order valence-electron chi connectivity index (χ4n) is 3.32. The number of nitrogens with one attached hydrogen (secondary N) is 1. The Bertz CT molecular complexity index is 669. The summed E-state index contributed by atoms with van der Waals surface area (Å²) in [5.74, 6) is 0.707. The van der Waals surface area contributed by atoms with E-state index in [0.717, 1.165) is 24.1 Å². The second-order valence-electron chi connectivity index (χ2n) is 6.01. The summed E-state index contributed by atoms with van der Waals surface area (Å²) in [6.07, 6.45) is 3.29. The smallest absolute Gasteiger partial charge is 0.251 e. The Kier molecular flexibility index (Phi) is 4.28. The number of carbonyl (C=O) groups is 1. The molecule has 0 aliphatic carbocycles. The molecule has 0 atom stereocenters. The molecule has 1 heterocycles. The maximum atomic E-state index is 11.8. The molecule has 114 valence electrons. The highest BCUT2D eigenvalue weighted by molar-refractivity contribution is 5.97. The predicted octanol–water partition coefficient (Wildman–Crippen LogP) is 4.54. The first-order chi connectivity index (χ1) is 10.7. The van der Waals surface area contributed by atoms with E-state index in [2.05, 4.69) is 55.6 Å². The third-order valence-corrected chi connectivity index (χ3v) is 4.73. The van der Waals surface area contributed by atoms with Gasteiger partial charge in [0.2, 0.25) is 0 Å². The van der Waals surface area contributed by atoms with Gasteiger partial charge in [-0.1, -0.05) is 50.2 Å². The number of rotatable bonds is 4. The lowest BCUT2D eigenvalue weighted by Crippen LogP contribution is -2.31. The summed E-state index contributed by atoms with van der Waals surface area (Å²) in [6.45, 7) is 5.23. The van der Waals surface area contributed by atoms with Crippen LogP contribution in [-0.2, 0) is 6.42 Å². The van der Waals surface area contributed by atoms with E-state index in [9.17, 15) is 4.79 Å². The fourth-order valence-corrected chi connectivity index (χ4v) is 3.32. The molecule has 2 heteroatoms. The van der Waals surface area contributed by atoms with Crippen LogP contribution in [0.1, 0.15) is 54.1 Å². The Hall–Kier alpha value is -2.09. The topological polar surface area (TPSA) is 29.1 Å². The van der Waals surface area contributed by atoms with Crippen LogP contribution in [0.2, 0.25) is 0 Å². The van der Waals surface area contributed by atoms with E-state index in [4.69, 9.17) is 0 Å². The fraction of sp³-hybridized carbons (Fsp3) is 0.350. The van der Waals surface area contributed by atoms with E-state index in [0.29, 0.717) is 5.92 Å². The Morgan fingerprint density at radius 2 is 1.68 bits per heavy atom. The van der Waals surface area contributed by atoms with Crippen molar-refractivity contribution >= 4 is 5.91 Å². The summed E-state index contributed by atoms with van der Waals surface area (Å²) in [5.41, 5.74) is 5.83. The zero-order valence-corrected chi connectivity index (χ0v) is 13.4.